The van der Waals surface area contributed by atoms with Crippen molar-refractivity contribution in [1.82, 2.24) is 5.32 Å². The van der Waals surface area contributed by atoms with E-state index < -0.39 is 17.6 Å². The molecule has 0 radical (unpaired) electrons. The molecular formula is C16H20N4O4. The second-order valence-corrected chi connectivity index (χ2v) is 5.85. The Kier molecular flexibility index (Phi) is 5.65. The quantitative estimate of drug-likeness (QED) is 0.358. The van der Waals surface area contributed by atoms with Crippen molar-refractivity contribution in [2.75, 3.05) is 7.11 Å². The summed E-state index contributed by atoms with van der Waals surface area (Å²) in [7, 11) is 1.29. The Morgan fingerprint density at radius 1 is 1.46 bits per heavy atom. The minimum atomic E-state index is -0.783. The summed E-state index contributed by atoms with van der Waals surface area (Å²) >= 11 is 0. The van der Waals surface area contributed by atoms with Crippen LogP contribution in [0.15, 0.2) is 35.4 Å². The zero-order valence-corrected chi connectivity index (χ0v) is 13.6. The number of methoxy groups -OCH3 is 1. The molecule has 1 amide bonds. The zero-order valence-electron chi connectivity index (χ0n) is 13.6. The van der Waals surface area contributed by atoms with Crippen molar-refractivity contribution >= 4 is 12.1 Å². The first-order chi connectivity index (χ1) is 11.5. The van der Waals surface area contributed by atoms with E-state index in [-0.39, 0.29) is 25.0 Å². The molecule has 128 valence electrons. The van der Waals surface area contributed by atoms with Crippen LogP contribution < -0.4 is 5.32 Å². The number of carbonyl (C=O) groups excluding carboxylic acids is 2. The predicted molar refractivity (Wildman–Crippen MR) is 85.8 cm³/mol. The number of alkyl carbamates (subject to hydrolysis) is 1. The second kappa shape index (κ2) is 7.70. The molecule has 0 bridgehead atoms. The number of azide groups is 1. The first-order valence-electron chi connectivity index (χ1n) is 7.60. The smallest absolute Gasteiger partial charge is 0.407 e. The van der Waals surface area contributed by atoms with E-state index in [1.54, 1.807) is 6.92 Å². The normalized spacial score (nSPS) is 22.7. The Hall–Kier alpha value is -2.73. The van der Waals surface area contributed by atoms with Crippen LogP contribution in [0.25, 0.3) is 10.4 Å². The lowest BCUT2D eigenvalue weighted by Gasteiger charge is -2.19. The molecule has 24 heavy (non-hydrogen) atoms. The fourth-order valence-corrected chi connectivity index (χ4v) is 2.81. The molecule has 0 spiro atoms. The summed E-state index contributed by atoms with van der Waals surface area (Å²) < 4.78 is 9.89. The molecule has 1 aliphatic carbocycles. The van der Waals surface area contributed by atoms with Crippen LogP contribution in [0.5, 0.6) is 0 Å². The maximum Gasteiger partial charge on any atom is 0.407 e. The molecule has 8 nitrogen and oxygen atoms in total. The van der Waals surface area contributed by atoms with Crippen LogP contribution in [0.2, 0.25) is 0 Å². The van der Waals surface area contributed by atoms with Gasteiger partial charge in [-0.3, -0.25) is 4.79 Å². The summed E-state index contributed by atoms with van der Waals surface area (Å²) in [6.45, 7) is 1.89. The third-order valence-corrected chi connectivity index (χ3v) is 4.20. The van der Waals surface area contributed by atoms with E-state index in [1.807, 2.05) is 30.3 Å². The van der Waals surface area contributed by atoms with E-state index in [4.69, 9.17) is 15.0 Å². The first-order valence-corrected chi connectivity index (χ1v) is 7.60. The van der Waals surface area contributed by atoms with E-state index in [1.165, 1.54) is 7.11 Å². The van der Waals surface area contributed by atoms with Crippen LogP contribution in [-0.2, 0) is 20.9 Å². The van der Waals surface area contributed by atoms with Gasteiger partial charge >= 0.3 is 12.1 Å². The highest BCUT2D eigenvalue weighted by Gasteiger charge is 2.58. The molecule has 1 aromatic carbocycles. The average molecular weight is 332 g/mol. The minimum Gasteiger partial charge on any atom is -0.469 e. The van der Waals surface area contributed by atoms with Crippen molar-refractivity contribution < 1.29 is 19.1 Å². The lowest BCUT2D eigenvalue weighted by atomic mass is 10.1. The third kappa shape index (κ3) is 4.39. The molecule has 1 N–H and O–H groups in total. The van der Waals surface area contributed by atoms with E-state index in [0.29, 0.717) is 6.42 Å². The number of rotatable bonds is 7. The maximum absolute atomic E-state index is 12.1. The van der Waals surface area contributed by atoms with Gasteiger partial charge in [0.1, 0.15) is 6.61 Å². The summed E-state index contributed by atoms with van der Waals surface area (Å²) in [4.78, 5) is 26.5. The fourth-order valence-electron chi connectivity index (χ4n) is 2.81. The van der Waals surface area contributed by atoms with Crippen molar-refractivity contribution in [3.63, 3.8) is 0 Å². The van der Waals surface area contributed by atoms with Crippen LogP contribution in [0.1, 0.15) is 25.3 Å². The van der Waals surface area contributed by atoms with Gasteiger partial charge in [0.2, 0.25) is 0 Å². The number of ether oxygens (including phenoxy) is 2. The number of hydrogen-bond acceptors (Lipinski definition) is 5. The highest BCUT2D eigenvalue weighted by molar-refractivity contribution is 5.75. The van der Waals surface area contributed by atoms with Gasteiger partial charge in [-0.2, -0.15) is 0 Å². The summed E-state index contributed by atoms with van der Waals surface area (Å²) in [6, 6.07) is 8.94. The fraction of sp³-hybridized carbons (Fsp3) is 0.500. The number of benzene rings is 1. The monoisotopic (exact) mass is 332 g/mol. The molecule has 0 saturated heterocycles. The Labute approximate surface area is 139 Å². The number of nitrogens with one attached hydrogen (secondary N) is 1. The molecule has 1 aromatic rings. The number of hydrogen-bond donors (Lipinski definition) is 1. The Balaban J connectivity index is 1.97. The lowest BCUT2D eigenvalue weighted by Crippen LogP contribution is -2.42. The highest BCUT2D eigenvalue weighted by atomic mass is 16.5. The standard InChI is InChI=1S/C16H20N4O4/c1-11(19-20-17)13-8-16(13,9-14(21)23-2)18-15(22)24-10-12-6-4-3-5-7-12/h3-7,11,13H,8-10H2,1-2H3,(H,18,22). The van der Waals surface area contributed by atoms with E-state index in [0.717, 1.165) is 5.56 Å². The van der Waals surface area contributed by atoms with E-state index >= 15 is 0 Å². The van der Waals surface area contributed by atoms with Crippen molar-refractivity contribution in [2.45, 2.75) is 38.0 Å². The van der Waals surface area contributed by atoms with Gasteiger partial charge in [-0.05, 0) is 23.4 Å². The van der Waals surface area contributed by atoms with Crippen molar-refractivity contribution in [3.05, 3.63) is 46.3 Å². The Bertz CT molecular complexity index is 645. The summed E-state index contributed by atoms with van der Waals surface area (Å²) in [5.74, 6) is -0.564. The van der Waals surface area contributed by atoms with Gasteiger partial charge in [-0.1, -0.05) is 42.4 Å². The third-order valence-electron chi connectivity index (χ3n) is 4.20. The first kappa shape index (κ1) is 17.6. The van der Waals surface area contributed by atoms with E-state index in [9.17, 15) is 9.59 Å². The number of carbonyl (C=O) groups is 2. The average Bonchev–Trinajstić information content (AvgIpc) is 3.27. The van der Waals surface area contributed by atoms with Gasteiger partial charge in [-0.25, -0.2) is 4.79 Å². The number of esters is 1. The van der Waals surface area contributed by atoms with Crippen molar-refractivity contribution in [3.8, 4) is 0 Å². The minimum absolute atomic E-state index is 0.0138. The second-order valence-electron chi connectivity index (χ2n) is 5.85. The molecule has 2 rings (SSSR count). The summed E-state index contributed by atoms with van der Waals surface area (Å²) in [5, 5.41) is 6.40. The van der Waals surface area contributed by atoms with Crippen molar-refractivity contribution in [1.29, 1.82) is 0 Å². The molecule has 1 saturated carbocycles. The topological polar surface area (TPSA) is 113 Å². The summed E-state index contributed by atoms with van der Waals surface area (Å²) in [6.07, 6.45) is -0.0683. The SMILES string of the molecule is COC(=O)CC1(NC(=O)OCc2ccccc2)CC1C(C)N=[N+]=[N-]. The van der Waals surface area contributed by atoms with Gasteiger partial charge in [-0.15, -0.1) is 0 Å². The summed E-state index contributed by atoms with van der Waals surface area (Å²) in [5.41, 5.74) is 8.64. The molecular weight excluding hydrogens is 312 g/mol. The van der Waals surface area contributed by atoms with Crippen LogP contribution in [0, 0.1) is 5.92 Å². The number of nitrogens with zero attached hydrogens (tertiary/aromatic N) is 3. The van der Waals surface area contributed by atoms with Crippen molar-refractivity contribution in [2.24, 2.45) is 11.0 Å². The lowest BCUT2D eigenvalue weighted by molar-refractivity contribution is -0.141. The van der Waals surface area contributed by atoms with Crippen LogP contribution >= 0.6 is 0 Å². The van der Waals surface area contributed by atoms with Gasteiger partial charge in [0, 0.05) is 11.0 Å². The molecule has 0 aromatic heterocycles. The molecule has 1 aliphatic rings. The predicted octanol–water partition coefficient (Wildman–Crippen LogP) is 2.93. The van der Waals surface area contributed by atoms with Gasteiger partial charge in [0.25, 0.3) is 0 Å². The Morgan fingerprint density at radius 3 is 2.79 bits per heavy atom. The van der Waals surface area contributed by atoms with E-state index in [2.05, 4.69) is 15.3 Å². The molecule has 3 unspecified atom stereocenters. The number of amides is 1. The largest absolute Gasteiger partial charge is 0.469 e. The molecule has 3 atom stereocenters. The maximum atomic E-state index is 12.1. The van der Waals surface area contributed by atoms with Crippen LogP contribution in [0.3, 0.4) is 0 Å². The Morgan fingerprint density at radius 2 is 2.17 bits per heavy atom. The zero-order chi connectivity index (χ0) is 17.6. The molecule has 1 fully saturated rings. The van der Waals surface area contributed by atoms with Gasteiger partial charge < -0.3 is 14.8 Å². The van der Waals surface area contributed by atoms with Gasteiger partial charge in [0.15, 0.2) is 0 Å². The molecule has 0 heterocycles. The van der Waals surface area contributed by atoms with Crippen LogP contribution in [0.4, 0.5) is 4.79 Å². The van der Waals surface area contributed by atoms with Gasteiger partial charge in [0.05, 0.1) is 19.1 Å². The van der Waals surface area contributed by atoms with Crippen LogP contribution in [-0.4, -0.2) is 30.8 Å². The molecule has 0 aliphatic heterocycles. The molecule has 8 heteroatoms. The highest BCUT2D eigenvalue weighted by Crippen LogP contribution is 2.49.